The van der Waals surface area contributed by atoms with E-state index in [9.17, 15) is 14.0 Å². The highest BCUT2D eigenvalue weighted by atomic mass is 19.1. The molecule has 0 spiro atoms. The molecule has 1 heterocycles. The first-order valence-corrected chi connectivity index (χ1v) is 7.76. The Morgan fingerprint density at radius 2 is 1.92 bits per heavy atom. The molecule has 0 aromatic heterocycles. The fraction of sp³-hybridized carbons (Fsp3) is 0.222. The highest BCUT2D eigenvalue weighted by Crippen LogP contribution is 2.18. The molecule has 6 heteroatoms. The van der Waals surface area contributed by atoms with Gasteiger partial charge in [0.1, 0.15) is 5.82 Å². The SMILES string of the molecule is O=C(CC1NCc2ccccc2NC1=O)NCc1ccccc1F. The number of fused-ring (bicyclic) bond motifs is 1. The Kier molecular flexibility index (Phi) is 4.86. The van der Waals surface area contributed by atoms with Gasteiger partial charge in [-0.15, -0.1) is 0 Å². The number of hydrogen-bond donors (Lipinski definition) is 3. The largest absolute Gasteiger partial charge is 0.352 e. The molecule has 0 radical (unpaired) electrons. The van der Waals surface area contributed by atoms with Crippen LogP contribution in [0, 0.1) is 5.82 Å². The molecule has 24 heavy (non-hydrogen) atoms. The molecular formula is C18H18FN3O2. The Bertz CT molecular complexity index is 763. The summed E-state index contributed by atoms with van der Waals surface area (Å²) in [4.78, 5) is 24.3. The van der Waals surface area contributed by atoms with Crippen molar-refractivity contribution in [1.29, 1.82) is 0 Å². The highest BCUT2D eigenvalue weighted by molar-refractivity contribution is 5.98. The number of halogens is 1. The van der Waals surface area contributed by atoms with Crippen molar-refractivity contribution in [2.75, 3.05) is 5.32 Å². The van der Waals surface area contributed by atoms with Crippen LogP contribution in [0.3, 0.4) is 0 Å². The number of nitrogens with one attached hydrogen (secondary N) is 3. The predicted molar refractivity (Wildman–Crippen MR) is 88.6 cm³/mol. The van der Waals surface area contributed by atoms with Gasteiger partial charge in [0, 0.05) is 24.3 Å². The zero-order valence-corrected chi connectivity index (χ0v) is 13.0. The molecule has 0 aliphatic carbocycles. The van der Waals surface area contributed by atoms with Crippen LogP contribution >= 0.6 is 0 Å². The Morgan fingerprint density at radius 1 is 1.17 bits per heavy atom. The van der Waals surface area contributed by atoms with E-state index in [1.165, 1.54) is 6.07 Å². The second-order valence-electron chi connectivity index (χ2n) is 5.65. The summed E-state index contributed by atoms with van der Waals surface area (Å²) in [7, 11) is 0. The lowest BCUT2D eigenvalue weighted by atomic mass is 10.1. The van der Waals surface area contributed by atoms with E-state index in [1.54, 1.807) is 18.2 Å². The number of rotatable bonds is 4. The molecule has 2 amide bonds. The van der Waals surface area contributed by atoms with E-state index < -0.39 is 6.04 Å². The summed E-state index contributed by atoms with van der Waals surface area (Å²) in [5, 5.41) is 8.55. The van der Waals surface area contributed by atoms with Gasteiger partial charge in [-0.2, -0.15) is 0 Å². The number of amides is 2. The number of carbonyl (C=O) groups excluding carboxylic acids is 2. The number of carbonyl (C=O) groups is 2. The summed E-state index contributed by atoms with van der Waals surface area (Å²) < 4.78 is 13.5. The van der Waals surface area contributed by atoms with Gasteiger partial charge in [0.05, 0.1) is 12.5 Å². The van der Waals surface area contributed by atoms with Crippen molar-refractivity contribution < 1.29 is 14.0 Å². The normalized spacial score (nSPS) is 16.7. The fourth-order valence-electron chi connectivity index (χ4n) is 2.60. The third-order valence-corrected chi connectivity index (χ3v) is 3.95. The van der Waals surface area contributed by atoms with E-state index in [4.69, 9.17) is 0 Å². The van der Waals surface area contributed by atoms with E-state index in [2.05, 4.69) is 16.0 Å². The lowest BCUT2D eigenvalue weighted by Crippen LogP contribution is -2.42. The standard InChI is InChI=1S/C18H18FN3O2/c19-14-7-3-1-5-12(14)10-21-17(23)9-16-18(24)22-15-8-4-2-6-13(15)11-20-16/h1-8,16,20H,9-11H2,(H,21,23)(H,22,24). The molecule has 3 N–H and O–H groups in total. The van der Waals surface area contributed by atoms with Crippen molar-refractivity contribution in [3.63, 3.8) is 0 Å². The first-order valence-electron chi connectivity index (χ1n) is 7.76. The third-order valence-electron chi connectivity index (χ3n) is 3.95. The molecule has 0 bridgehead atoms. The van der Waals surface area contributed by atoms with E-state index in [0.717, 1.165) is 11.3 Å². The Balaban J connectivity index is 1.57. The molecule has 1 aliphatic heterocycles. The van der Waals surface area contributed by atoms with E-state index in [-0.39, 0.29) is 30.6 Å². The zero-order valence-electron chi connectivity index (χ0n) is 13.0. The van der Waals surface area contributed by atoms with Gasteiger partial charge in [0.15, 0.2) is 0 Å². The van der Waals surface area contributed by atoms with Crippen LogP contribution in [0.2, 0.25) is 0 Å². The predicted octanol–water partition coefficient (Wildman–Crippen LogP) is 1.94. The van der Waals surface area contributed by atoms with Crippen LogP contribution in [0.1, 0.15) is 17.5 Å². The van der Waals surface area contributed by atoms with Crippen LogP contribution in [0.5, 0.6) is 0 Å². The van der Waals surface area contributed by atoms with Gasteiger partial charge in [0.25, 0.3) is 0 Å². The molecule has 1 aliphatic rings. The summed E-state index contributed by atoms with van der Waals surface area (Å²) in [6.45, 7) is 0.597. The zero-order chi connectivity index (χ0) is 16.9. The molecule has 2 aromatic rings. The van der Waals surface area contributed by atoms with Crippen molar-refractivity contribution in [3.05, 3.63) is 65.5 Å². The topological polar surface area (TPSA) is 70.2 Å². The van der Waals surface area contributed by atoms with Crippen LogP contribution in [0.15, 0.2) is 48.5 Å². The molecular weight excluding hydrogens is 309 g/mol. The molecule has 5 nitrogen and oxygen atoms in total. The highest BCUT2D eigenvalue weighted by Gasteiger charge is 2.25. The maximum Gasteiger partial charge on any atom is 0.242 e. The average Bonchev–Trinajstić information content (AvgIpc) is 2.73. The van der Waals surface area contributed by atoms with Crippen LogP contribution in [-0.2, 0) is 22.7 Å². The van der Waals surface area contributed by atoms with Gasteiger partial charge in [-0.25, -0.2) is 4.39 Å². The van der Waals surface area contributed by atoms with Crippen molar-refractivity contribution in [1.82, 2.24) is 10.6 Å². The number of hydrogen-bond acceptors (Lipinski definition) is 3. The summed E-state index contributed by atoms with van der Waals surface area (Å²) in [5.41, 5.74) is 2.14. The van der Waals surface area contributed by atoms with Gasteiger partial charge >= 0.3 is 0 Å². The number of anilines is 1. The smallest absolute Gasteiger partial charge is 0.242 e. The van der Waals surface area contributed by atoms with E-state index in [1.807, 2.05) is 24.3 Å². The summed E-state index contributed by atoms with van der Waals surface area (Å²) in [6.07, 6.45) is -0.00568. The average molecular weight is 327 g/mol. The molecule has 0 saturated carbocycles. The van der Waals surface area contributed by atoms with Gasteiger partial charge in [0.2, 0.25) is 11.8 Å². The number of benzene rings is 2. The Labute approximate surface area is 139 Å². The van der Waals surface area contributed by atoms with Crippen molar-refractivity contribution in [3.8, 4) is 0 Å². The van der Waals surface area contributed by atoms with Gasteiger partial charge in [-0.1, -0.05) is 36.4 Å². The molecule has 1 unspecified atom stereocenters. The quantitative estimate of drug-likeness (QED) is 0.804. The maximum absolute atomic E-state index is 13.5. The van der Waals surface area contributed by atoms with Crippen LogP contribution < -0.4 is 16.0 Å². The lowest BCUT2D eigenvalue weighted by molar-refractivity contribution is -0.126. The van der Waals surface area contributed by atoms with Gasteiger partial charge < -0.3 is 16.0 Å². The monoisotopic (exact) mass is 327 g/mol. The van der Waals surface area contributed by atoms with Crippen LogP contribution in [0.4, 0.5) is 10.1 Å². The maximum atomic E-state index is 13.5. The van der Waals surface area contributed by atoms with Crippen molar-refractivity contribution in [2.24, 2.45) is 0 Å². The van der Waals surface area contributed by atoms with Gasteiger partial charge in [-0.3, -0.25) is 9.59 Å². The fourth-order valence-corrected chi connectivity index (χ4v) is 2.60. The van der Waals surface area contributed by atoms with Crippen LogP contribution in [-0.4, -0.2) is 17.9 Å². The lowest BCUT2D eigenvalue weighted by Gasteiger charge is -2.14. The molecule has 0 saturated heterocycles. The minimum absolute atomic E-state index is 0.00568. The Hall–Kier alpha value is -2.73. The minimum Gasteiger partial charge on any atom is -0.352 e. The van der Waals surface area contributed by atoms with E-state index >= 15 is 0 Å². The molecule has 1 atom stereocenters. The Morgan fingerprint density at radius 3 is 2.75 bits per heavy atom. The number of para-hydroxylation sites is 1. The second-order valence-corrected chi connectivity index (χ2v) is 5.65. The second kappa shape index (κ2) is 7.23. The molecule has 124 valence electrons. The first-order chi connectivity index (χ1) is 11.6. The summed E-state index contributed by atoms with van der Waals surface area (Å²) >= 11 is 0. The van der Waals surface area contributed by atoms with Gasteiger partial charge in [-0.05, 0) is 17.7 Å². The van der Waals surface area contributed by atoms with Crippen molar-refractivity contribution >= 4 is 17.5 Å². The minimum atomic E-state index is -0.627. The van der Waals surface area contributed by atoms with E-state index in [0.29, 0.717) is 12.1 Å². The molecule has 3 rings (SSSR count). The summed E-state index contributed by atoms with van der Waals surface area (Å²) in [6, 6.07) is 13.1. The summed E-state index contributed by atoms with van der Waals surface area (Å²) in [5.74, 6) is -0.920. The first kappa shape index (κ1) is 16.1. The molecule has 2 aromatic carbocycles. The third kappa shape index (κ3) is 3.78. The molecule has 0 fully saturated rings. The van der Waals surface area contributed by atoms with Crippen LogP contribution in [0.25, 0.3) is 0 Å². The van der Waals surface area contributed by atoms with Crippen molar-refractivity contribution in [2.45, 2.75) is 25.6 Å².